The first-order valence-electron chi connectivity index (χ1n) is 7.40. The van der Waals surface area contributed by atoms with Gasteiger partial charge in [0.05, 0.1) is 12.9 Å². The van der Waals surface area contributed by atoms with Crippen LogP contribution in [0.25, 0.3) is 11.2 Å². The summed E-state index contributed by atoms with van der Waals surface area (Å²) >= 11 is 6.17. The third-order valence-corrected chi connectivity index (χ3v) is 4.07. The first kappa shape index (κ1) is 16.6. The Morgan fingerprint density at radius 2 is 2.12 bits per heavy atom. The zero-order chi connectivity index (χ0) is 17.1. The van der Waals surface area contributed by atoms with Crippen LogP contribution in [0.1, 0.15) is 5.56 Å². The molecule has 6 nitrogen and oxygen atoms in total. The molecule has 0 aliphatic rings. The number of aromatic nitrogens is 4. The highest BCUT2D eigenvalue weighted by atomic mass is 35.5. The van der Waals surface area contributed by atoms with Gasteiger partial charge in [0, 0.05) is 32.3 Å². The van der Waals surface area contributed by atoms with E-state index in [-0.39, 0.29) is 5.82 Å². The summed E-state index contributed by atoms with van der Waals surface area (Å²) in [5, 5.41) is 0.378. The van der Waals surface area contributed by atoms with Gasteiger partial charge in [0.25, 0.3) is 0 Å². The van der Waals surface area contributed by atoms with Crippen LogP contribution in [-0.4, -0.2) is 39.8 Å². The summed E-state index contributed by atoms with van der Waals surface area (Å²) in [6.07, 6.45) is 3.20. The van der Waals surface area contributed by atoms with Crippen molar-refractivity contribution < 1.29 is 9.13 Å². The molecule has 0 amide bonds. The van der Waals surface area contributed by atoms with Crippen LogP contribution in [0.2, 0.25) is 5.02 Å². The van der Waals surface area contributed by atoms with Crippen LogP contribution in [0.15, 0.2) is 30.9 Å². The number of hydrogen-bond donors (Lipinski definition) is 0. The van der Waals surface area contributed by atoms with Gasteiger partial charge in [0.15, 0.2) is 17.0 Å². The molecule has 1 aromatic carbocycles. The summed E-state index contributed by atoms with van der Waals surface area (Å²) in [4.78, 5) is 15.0. The molecule has 0 spiro atoms. The van der Waals surface area contributed by atoms with Crippen LogP contribution in [0.5, 0.6) is 0 Å². The summed E-state index contributed by atoms with van der Waals surface area (Å²) < 4.78 is 20.3. The van der Waals surface area contributed by atoms with Crippen LogP contribution in [0.3, 0.4) is 0 Å². The van der Waals surface area contributed by atoms with E-state index >= 15 is 0 Å². The van der Waals surface area contributed by atoms with Crippen molar-refractivity contribution >= 4 is 28.6 Å². The molecular formula is C16H17ClFN5O. The van der Waals surface area contributed by atoms with Crippen molar-refractivity contribution in [3.8, 4) is 0 Å². The predicted octanol–water partition coefficient (Wildman–Crippen LogP) is 2.81. The van der Waals surface area contributed by atoms with Gasteiger partial charge < -0.3 is 14.2 Å². The van der Waals surface area contributed by atoms with Crippen LogP contribution >= 0.6 is 11.6 Å². The predicted molar refractivity (Wildman–Crippen MR) is 90.6 cm³/mol. The van der Waals surface area contributed by atoms with Crippen molar-refractivity contribution in [2.45, 2.75) is 6.54 Å². The third-order valence-electron chi connectivity index (χ3n) is 3.72. The van der Waals surface area contributed by atoms with Gasteiger partial charge in [-0.05, 0) is 17.7 Å². The van der Waals surface area contributed by atoms with Crippen molar-refractivity contribution in [3.63, 3.8) is 0 Å². The van der Waals surface area contributed by atoms with Crippen molar-refractivity contribution in [1.82, 2.24) is 19.5 Å². The highest BCUT2D eigenvalue weighted by Crippen LogP contribution is 2.25. The van der Waals surface area contributed by atoms with E-state index in [2.05, 4.69) is 15.0 Å². The summed E-state index contributed by atoms with van der Waals surface area (Å²) in [5.41, 5.74) is 2.25. The number of aryl methyl sites for hydroxylation is 1. The van der Waals surface area contributed by atoms with Crippen molar-refractivity contribution in [1.29, 1.82) is 0 Å². The zero-order valence-electron chi connectivity index (χ0n) is 13.4. The average molecular weight is 350 g/mol. The van der Waals surface area contributed by atoms with Gasteiger partial charge in [0.1, 0.15) is 12.1 Å². The first-order valence-corrected chi connectivity index (χ1v) is 7.77. The molecule has 0 atom stereocenters. The van der Waals surface area contributed by atoms with Gasteiger partial charge in [-0.2, -0.15) is 0 Å². The monoisotopic (exact) mass is 349 g/mol. The van der Waals surface area contributed by atoms with E-state index in [1.807, 2.05) is 16.5 Å². The van der Waals surface area contributed by atoms with Gasteiger partial charge >= 0.3 is 0 Å². The molecule has 0 unspecified atom stereocenters. The van der Waals surface area contributed by atoms with Crippen LogP contribution in [0, 0.1) is 5.82 Å². The standard InChI is InChI=1S/C16H17ClFN5O/c1-22-10-21-14-15(22)19-9-20-16(14)23(5-6-24-2)8-11-3-4-12(18)7-13(11)17/h3-4,7,9-10H,5-6,8H2,1-2H3. The fourth-order valence-corrected chi connectivity index (χ4v) is 2.71. The summed E-state index contributed by atoms with van der Waals surface area (Å²) in [7, 11) is 3.52. The molecule has 0 radical (unpaired) electrons. The lowest BCUT2D eigenvalue weighted by Gasteiger charge is -2.24. The summed E-state index contributed by atoms with van der Waals surface area (Å²) in [5.74, 6) is 0.333. The molecular weight excluding hydrogens is 333 g/mol. The van der Waals surface area contributed by atoms with E-state index in [1.165, 1.54) is 18.5 Å². The molecule has 8 heteroatoms. The van der Waals surface area contributed by atoms with E-state index in [1.54, 1.807) is 19.5 Å². The lowest BCUT2D eigenvalue weighted by molar-refractivity contribution is 0.205. The fraction of sp³-hybridized carbons (Fsp3) is 0.312. The summed E-state index contributed by atoms with van der Waals surface area (Å²) in [6, 6.07) is 4.38. The molecule has 0 N–H and O–H groups in total. The van der Waals surface area contributed by atoms with Crippen LogP contribution < -0.4 is 4.90 Å². The Labute approximate surface area is 143 Å². The molecule has 0 bridgehead atoms. The van der Waals surface area contributed by atoms with Crippen LogP contribution in [-0.2, 0) is 18.3 Å². The quantitative estimate of drug-likeness (QED) is 0.685. The maximum absolute atomic E-state index is 13.3. The van der Waals surface area contributed by atoms with Gasteiger partial charge in [-0.15, -0.1) is 0 Å². The van der Waals surface area contributed by atoms with Crippen molar-refractivity contribution in [3.05, 3.63) is 47.3 Å². The molecule has 126 valence electrons. The Kier molecular flexibility index (Phi) is 4.92. The number of anilines is 1. The number of ether oxygens (including phenoxy) is 1. The maximum Gasteiger partial charge on any atom is 0.165 e. The van der Waals surface area contributed by atoms with E-state index in [0.717, 1.165) is 11.2 Å². The topological polar surface area (TPSA) is 56.1 Å². The van der Waals surface area contributed by atoms with Crippen molar-refractivity contribution in [2.75, 3.05) is 25.2 Å². The number of rotatable bonds is 6. The molecule has 0 aliphatic carbocycles. The Morgan fingerprint density at radius 1 is 1.29 bits per heavy atom. The Balaban J connectivity index is 1.99. The maximum atomic E-state index is 13.3. The van der Waals surface area contributed by atoms with Gasteiger partial charge in [-0.3, -0.25) is 0 Å². The van der Waals surface area contributed by atoms with Gasteiger partial charge in [0.2, 0.25) is 0 Å². The number of nitrogens with zero attached hydrogens (tertiary/aromatic N) is 5. The minimum absolute atomic E-state index is 0.360. The fourth-order valence-electron chi connectivity index (χ4n) is 2.48. The molecule has 0 aliphatic heterocycles. The number of benzene rings is 1. The molecule has 2 aromatic heterocycles. The Hall–Kier alpha value is -2.25. The largest absolute Gasteiger partial charge is 0.383 e. The van der Waals surface area contributed by atoms with E-state index in [9.17, 15) is 4.39 Å². The number of fused-ring (bicyclic) bond motifs is 1. The first-order chi connectivity index (χ1) is 11.6. The molecule has 3 aromatic rings. The molecule has 0 fully saturated rings. The number of methoxy groups -OCH3 is 1. The van der Waals surface area contributed by atoms with E-state index in [0.29, 0.717) is 36.1 Å². The zero-order valence-corrected chi connectivity index (χ0v) is 14.2. The number of imidazole rings is 1. The lowest BCUT2D eigenvalue weighted by Crippen LogP contribution is -2.28. The van der Waals surface area contributed by atoms with Gasteiger partial charge in [-0.1, -0.05) is 17.7 Å². The Bertz CT molecular complexity index is 854. The average Bonchev–Trinajstić information content (AvgIpc) is 2.95. The Morgan fingerprint density at radius 3 is 2.88 bits per heavy atom. The molecule has 0 saturated carbocycles. The molecule has 24 heavy (non-hydrogen) atoms. The van der Waals surface area contributed by atoms with E-state index < -0.39 is 0 Å². The lowest BCUT2D eigenvalue weighted by atomic mass is 10.2. The second kappa shape index (κ2) is 7.11. The summed E-state index contributed by atoms with van der Waals surface area (Å²) in [6.45, 7) is 1.56. The molecule has 2 heterocycles. The minimum atomic E-state index is -0.360. The molecule has 3 rings (SSSR count). The smallest absolute Gasteiger partial charge is 0.165 e. The van der Waals surface area contributed by atoms with E-state index in [4.69, 9.17) is 16.3 Å². The second-order valence-electron chi connectivity index (χ2n) is 5.38. The third kappa shape index (κ3) is 3.32. The van der Waals surface area contributed by atoms with Crippen LogP contribution in [0.4, 0.5) is 10.2 Å². The van der Waals surface area contributed by atoms with Crippen molar-refractivity contribution in [2.24, 2.45) is 7.05 Å². The second-order valence-corrected chi connectivity index (χ2v) is 5.78. The SMILES string of the molecule is COCCN(Cc1ccc(F)cc1Cl)c1ncnc2c1ncn2C. The number of halogens is 2. The highest BCUT2D eigenvalue weighted by molar-refractivity contribution is 6.31. The molecule has 0 saturated heterocycles. The van der Waals surface area contributed by atoms with Gasteiger partial charge in [-0.25, -0.2) is 19.3 Å². The minimum Gasteiger partial charge on any atom is -0.383 e. The normalized spacial score (nSPS) is 11.2. The highest BCUT2D eigenvalue weighted by Gasteiger charge is 2.17. The number of hydrogen-bond acceptors (Lipinski definition) is 5.